The van der Waals surface area contributed by atoms with Crippen molar-refractivity contribution in [2.24, 2.45) is 0 Å². The molecule has 0 amide bonds. The molecule has 0 saturated heterocycles. The number of aromatic nitrogens is 2. The molecule has 1 heterocycles. The minimum absolute atomic E-state index is 0.0836. The van der Waals surface area contributed by atoms with E-state index in [2.05, 4.69) is 20.6 Å². The molecule has 0 saturated carbocycles. The first-order chi connectivity index (χ1) is 12.8. The molecule has 0 spiro atoms. The molecule has 0 bridgehead atoms. The Bertz CT molecular complexity index is 1020. The lowest BCUT2D eigenvalue weighted by atomic mass is 10.1. The molecule has 27 heavy (non-hydrogen) atoms. The zero-order valence-corrected chi connectivity index (χ0v) is 14.7. The van der Waals surface area contributed by atoms with E-state index in [1.807, 2.05) is 32.0 Å². The molecule has 3 rings (SSSR count). The summed E-state index contributed by atoms with van der Waals surface area (Å²) in [7, 11) is 0. The molecule has 0 aliphatic carbocycles. The number of hydrogen-bond donors (Lipinski definition) is 3. The lowest BCUT2D eigenvalue weighted by molar-refractivity contribution is -0.383. The Morgan fingerprint density at radius 3 is 2.44 bits per heavy atom. The third kappa shape index (κ3) is 4.09. The van der Waals surface area contributed by atoms with Crippen molar-refractivity contribution in [2.45, 2.75) is 13.8 Å². The number of nitro groups is 1. The Kier molecular flexibility index (Phi) is 4.84. The van der Waals surface area contributed by atoms with Crippen LogP contribution in [0.25, 0.3) is 0 Å². The Morgan fingerprint density at radius 1 is 1.04 bits per heavy atom. The third-order valence-corrected chi connectivity index (χ3v) is 3.94. The monoisotopic (exact) mass is 368 g/mol. The van der Waals surface area contributed by atoms with Gasteiger partial charge in [0.05, 0.1) is 4.92 Å². The average molecular weight is 368 g/mol. The number of nitrogen functional groups attached to an aromatic ring is 1. The molecule has 0 unspecified atom stereocenters. The van der Waals surface area contributed by atoms with E-state index >= 15 is 0 Å². The fraction of sp³-hybridized carbons (Fsp3) is 0.111. The highest BCUT2D eigenvalue weighted by Crippen LogP contribution is 2.32. The fourth-order valence-corrected chi connectivity index (χ4v) is 2.45. The molecule has 0 radical (unpaired) electrons. The quantitative estimate of drug-likeness (QED) is 0.456. The van der Waals surface area contributed by atoms with Gasteiger partial charge in [-0.1, -0.05) is 12.1 Å². The third-order valence-electron chi connectivity index (χ3n) is 3.94. The van der Waals surface area contributed by atoms with E-state index in [4.69, 9.17) is 5.73 Å². The molecule has 4 N–H and O–H groups in total. The van der Waals surface area contributed by atoms with Gasteiger partial charge in [0.25, 0.3) is 0 Å². The summed E-state index contributed by atoms with van der Waals surface area (Å²) >= 11 is 0. The van der Waals surface area contributed by atoms with Crippen LogP contribution in [0.1, 0.15) is 11.1 Å². The molecule has 3 aromatic rings. The van der Waals surface area contributed by atoms with E-state index in [-0.39, 0.29) is 17.6 Å². The Morgan fingerprint density at radius 2 is 1.78 bits per heavy atom. The van der Waals surface area contributed by atoms with Crippen molar-refractivity contribution < 1.29 is 9.31 Å². The number of nitrogens with two attached hydrogens (primary N) is 1. The lowest BCUT2D eigenvalue weighted by Crippen LogP contribution is -2.08. The zero-order chi connectivity index (χ0) is 19.6. The molecule has 9 heteroatoms. The smallest absolute Gasteiger partial charge is 0.353 e. The maximum Gasteiger partial charge on any atom is 0.353 e. The highest BCUT2D eigenvalue weighted by Gasteiger charge is 2.23. The lowest BCUT2D eigenvalue weighted by Gasteiger charge is -2.11. The topological polar surface area (TPSA) is 119 Å². The molecular weight excluding hydrogens is 351 g/mol. The number of benzene rings is 2. The standard InChI is InChI=1S/C18H17FN6O2/c1-10-6-7-14(8-11(10)2)22-18-23-16(20)15(25(26)27)17(24-18)21-13-5-3-4-12(19)9-13/h3-9H,1-2H3,(H4,20,21,22,23,24). The van der Waals surface area contributed by atoms with Crippen molar-refractivity contribution in [3.63, 3.8) is 0 Å². The van der Waals surface area contributed by atoms with Crippen LogP contribution in [-0.2, 0) is 0 Å². The van der Waals surface area contributed by atoms with Gasteiger partial charge in [0, 0.05) is 11.4 Å². The zero-order valence-electron chi connectivity index (χ0n) is 14.7. The van der Waals surface area contributed by atoms with Gasteiger partial charge in [-0.2, -0.15) is 9.97 Å². The summed E-state index contributed by atoms with van der Waals surface area (Å²) in [5.41, 5.74) is 8.48. The van der Waals surface area contributed by atoms with E-state index in [1.54, 1.807) is 6.07 Å². The average Bonchev–Trinajstić information content (AvgIpc) is 2.57. The number of rotatable bonds is 5. The number of nitrogens with one attached hydrogen (secondary N) is 2. The van der Waals surface area contributed by atoms with Crippen molar-refractivity contribution in [1.29, 1.82) is 0 Å². The van der Waals surface area contributed by atoms with Crippen LogP contribution in [0.15, 0.2) is 42.5 Å². The van der Waals surface area contributed by atoms with Crippen LogP contribution in [0, 0.1) is 29.8 Å². The van der Waals surface area contributed by atoms with E-state index in [9.17, 15) is 14.5 Å². The minimum Gasteiger partial charge on any atom is -0.378 e. The van der Waals surface area contributed by atoms with Crippen molar-refractivity contribution in [3.05, 3.63) is 69.5 Å². The minimum atomic E-state index is -0.684. The van der Waals surface area contributed by atoms with Crippen LogP contribution >= 0.6 is 0 Å². The second kappa shape index (κ2) is 7.24. The van der Waals surface area contributed by atoms with Crippen molar-refractivity contribution in [1.82, 2.24) is 9.97 Å². The normalized spacial score (nSPS) is 10.5. The number of halogens is 1. The van der Waals surface area contributed by atoms with Gasteiger partial charge in [0.2, 0.25) is 17.6 Å². The maximum absolute atomic E-state index is 13.4. The molecule has 0 aliphatic heterocycles. The molecule has 2 aromatic carbocycles. The number of nitrogens with zero attached hydrogens (tertiary/aromatic N) is 3. The second-order valence-corrected chi connectivity index (χ2v) is 5.95. The van der Waals surface area contributed by atoms with E-state index < -0.39 is 16.4 Å². The first-order valence-corrected chi connectivity index (χ1v) is 8.02. The molecule has 0 fully saturated rings. The molecule has 138 valence electrons. The Hall–Kier alpha value is -3.75. The largest absolute Gasteiger partial charge is 0.378 e. The summed E-state index contributed by atoms with van der Waals surface area (Å²) < 4.78 is 13.4. The summed E-state index contributed by atoms with van der Waals surface area (Å²) in [6, 6.07) is 11.2. The van der Waals surface area contributed by atoms with E-state index in [1.165, 1.54) is 18.2 Å². The highest BCUT2D eigenvalue weighted by molar-refractivity contribution is 5.75. The van der Waals surface area contributed by atoms with Gasteiger partial charge in [-0.25, -0.2) is 4.39 Å². The van der Waals surface area contributed by atoms with Crippen LogP contribution in [-0.4, -0.2) is 14.9 Å². The van der Waals surface area contributed by atoms with Gasteiger partial charge in [0.1, 0.15) is 5.82 Å². The summed E-state index contributed by atoms with van der Waals surface area (Å²) in [4.78, 5) is 18.8. The van der Waals surface area contributed by atoms with Gasteiger partial charge >= 0.3 is 5.69 Å². The van der Waals surface area contributed by atoms with E-state index in [0.29, 0.717) is 11.4 Å². The summed E-state index contributed by atoms with van der Waals surface area (Å²) in [5.74, 6) is -0.844. The summed E-state index contributed by atoms with van der Waals surface area (Å²) in [6.07, 6.45) is 0. The molecular formula is C18H17FN6O2. The molecule has 1 aromatic heterocycles. The Balaban J connectivity index is 1.99. The van der Waals surface area contributed by atoms with Gasteiger partial charge in [-0.3, -0.25) is 10.1 Å². The predicted molar refractivity (Wildman–Crippen MR) is 102 cm³/mol. The molecule has 8 nitrogen and oxygen atoms in total. The predicted octanol–water partition coefficient (Wildman–Crippen LogP) is 4.21. The first-order valence-electron chi connectivity index (χ1n) is 8.02. The fourth-order valence-electron chi connectivity index (χ4n) is 2.45. The number of anilines is 5. The van der Waals surface area contributed by atoms with Crippen LogP contribution in [0.3, 0.4) is 0 Å². The van der Waals surface area contributed by atoms with Crippen LogP contribution < -0.4 is 16.4 Å². The summed E-state index contributed by atoms with van der Waals surface area (Å²) in [6.45, 7) is 3.95. The number of aryl methyl sites for hydroxylation is 2. The highest BCUT2D eigenvalue weighted by atomic mass is 19.1. The van der Waals surface area contributed by atoms with Crippen LogP contribution in [0.2, 0.25) is 0 Å². The molecule has 0 atom stereocenters. The van der Waals surface area contributed by atoms with Crippen molar-refractivity contribution in [2.75, 3.05) is 16.4 Å². The molecule has 0 aliphatic rings. The van der Waals surface area contributed by atoms with Crippen LogP contribution in [0.4, 0.5) is 39.0 Å². The SMILES string of the molecule is Cc1ccc(Nc2nc(N)c([N+](=O)[O-])c(Nc3cccc(F)c3)n2)cc1C. The van der Waals surface area contributed by atoms with Gasteiger partial charge in [-0.15, -0.1) is 0 Å². The first kappa shape index (κ1) is 18.1. The second-order valence-electron chi connectivity index (χ2n) is 5.95. The van der Waals surface area contributed by atoms with Gasteiger partial charge in [-0.05, 0) is 55.3 Å². The maximum atomic E-state index is 13.4. The van der Waals surface area contributed by atoms with E-state index in [0.717, 1.165) is 11.1 Å². The van der Waals surface area contributed by atoms with Crippen LogP contribution in [0.5, 0.6) is 0 Å². The number of hydrogen-bond acceptors (Lipinski definition) is 7. The van der Waals surface area contributed by atoms with Gasteiger partial charge in [0.15, 0.2) is 0 Å². The van der Waals surface area contributed by atoms with Crippen molar-refractivity contribution in [3.8, 4) is 0 Å². The van der Waals surface area contributed by atoms with Gasteiger partial charge < -0.3 is 16.4 Å². The summed E-state index contributed by atoms with van der Waals surface area (Å²) in [5, 5.41) is 17.1. The Labute approximate surface area is 154 Å². The van der Waals surface area contributed by atoms with Crippen molar-refractivity contribution >= 4 is 34.6 Å².